The van der Waals surface area contributed by atoms with Crippen molar-refractivity contribution in [2.24, 2.45) is 5.84 Å². The Kier molecular flexibility index (Phi) is 5.31. The maximum Gasteiger partial charge on any atom is 0.124 e. The van der Waals surface area contributed by atoms with Crippen molar-refractivity contribution in [2.75, 3.05) is 14.2 Å². The van der Waals surface area contributed by atoms with Crippen molar-refractivity contribution >= 4 is 23.2 Å². The van der Waals surface area contributed by atoms with Crippen molar-refractivity contribution in [3.05, 3.63) is 57.6 Å². The zero-order chi connectivity index (χ0) is 15.4. The molecule has 2 aromatic carbocycles. The lowest BCUT2D eigenvalue weighted by Crippen LogP contribution is -2.29. The summed E-state index contributed by atoms with van der Waals surface area (Å²) >= 11 is 12.0. The summed E-state index contributed by atoms with van der Waals surface area (Å²) in [5.74, 6) is 7.13. The summed E-state index contributed by atoms with van der Waals surface area (Å²) in [6.07, 6.45) is 0. The number of nitrogens with one attached hydrogen (secondary N) is 1. The largest absolute Gasteiger partial charge is 0.497 e. The second-order valence-corrected chi connectivity index (χ2v) is 5.20. The van der Waals surface area contributed by atoms with E-state index in [1.165, 1.54) is 0 Å². The van der Waals surface area contributed by atoms with Gasteiger partial charge in [-0.2, -0.15) is 0 Å². The van der Waals surface area contributed by atoms with Crippen LogP contribution in [0, 0.1) is 0 Å². The lowest BCUT2D eigenvalue weighted by atomic mass is 9.98. The average molecular weight is 327 g/mol. The van der Waals surface area contributed by atoms with E-state index in [4.69, 9.17) is 38.5 Å². The maximum atomic E-state index is 6.08. The molecule has 4 nitrogen and oxygen atoms in total. The number of hydrogen-bond acceptors (Lipinski definition) is 4. The predicted octanol–water partition coefficient (Wildman–Crippen LogP) is 3.56. The first-order valence-electron chi connectivity index (χ1n) is 6.23. The molecule has 112 valence electrons. The summed E-state index contributed by atoms with van der Waals surface area (Å²) in [5, 5.41) is 0.963. The van der Waals surface area contributed by atoms with Crippen LogP contribution in [0.25, 0.3) is 0 Å². The number of benzene rings is 2. The van der Waals surface area contributed by atoms with Gasteiger partial charge in [0.1, 0.15) is 11.5 Å². The fourth-order valence-corrected chi connectivity index (χ4v) is 2.43. The normalized spacial score (nSPS) is 12.0. The smallest absolute Gasteiger partial charge is 0.124 e. The molecule has 6 heteroatoms. The van der Waals surface area contributed by atoms with E-state index in [1.807, 2.05) is 24.3 Å². The van der Waals surface area contributed by atoms with Crippen molar-refractivity contribution in [3.63, 3.8) is 0 Å². The Balaban J connectivity index is 2.51. The molecule has 0 heterocycles. The van der Waals surface area contributed by atoms with Crippen molar-refractivity contribution in [3.8, 4) is 11.5 Å². The predicted molar refractivity (Wildman–Crippen MR) is 85.2 cm³/mol. The first-order valence-corrected chi connectivity index (χ1v) is 6.99. The second kappa shape index (κ2) is 7.00. The topological polar surface area (TPSA) is 56.5 Å². The van der Waals surface area contributed by atoms with Gasteiger partial charge in [-0.3, -0.25) is 5.84 Å². The monoisotopic (exact) mass is 326 g/mol. The van der Waals surface area contributed by atoms with E-state index in [9.17, 15) is 0 Å². The van der Waals surface area contributed by atoms with Gasteiger partial charge in [0.15, 0.2) is 0 Å². The number of nitrogens with two attached hydrogens (primary N) is 1. The number of ether oxygens (including phenoxy) is 2. The van der Waals surface area contributed by atoms with Gasteiger partial charge in [0, 0.05) is 5.56 Å². The van der Waals surface area contributed by atoms with Crippen LogP contribution in [0.4, 0.5) is 0 Å². The van der Waals surface area contributed by atoms with Gasteiger partial charge in [-0.05, 0) is 35.9 Å². The van der Waals surface area contributed by atoms with Crippen molar-refractivity contribution in [1.82, 2.24) is 5.43 Å². The first kappa shape index (κ1) is 15.9. The molecule has 0 spiro atoms. The fourth-order valence-electron chi connectivity index (χ4n) is 2.12. The van der Waals surface area contributed by atoms with E-state index < -0.39 is 0 Å². The first-order chi connectivity index (χ1) is 10.1. The van der Waals surface area contributed by atoms with Crippen LogP contribution >= 0.6 is 23.2 Å². The highest BCUT2D eigenvalue weighted by atomic mass is 35.5. The van der Waals surface area contributed by atoms with E-state index in [1.54, 1.807) is 26.4 Å². The number of halogens is 2. The Labute approximate surface area is 133 Å². The Morgan fingerprint density at radius 3 is 2.33 bits per heavy atom. The zero-order valence-corrected chi connectivity index (χ0v) is 13.2. The molecule has 0 saturated heterocycles. The van der Waals surface area contributed by atoms with Gasteiger partial charge in [-0.15, -0.1) is 0 Å². The summed E-state index contributed by atoms with van der Waals surface area (Å²) in [6, 6.07) is 10.6. The molecule has 21 heavy (non-hydrogen) atoms. The Morgan fingerprint density at radius 1 is 1.00 bits per heavy atom. The molecule has 3 N–H and O–H groups in total. The molecule has 2 aromatic rings. The number of rotatable bonds is 5. The Bertz CT molecular complexity index is 635. The van der Waals surface area contributed by atoms with E-state index in [-0.39, 0.29) is 6.04 Å². The highest BCUT2D eigenvalue weighted by molar-refractivity contribution is 6.42. The zero-order valence-electron chi connectivity index (χ0n) is 11.7. The van der Waals surface area contributed by atoms with Crippen LogP contribution in [0.15, 0.2) is 36.4 Å². The molecule has 0 amide bonds. The third-order valence-electron chi connectivity index (χ3n) is 3.19. The van der Waals surface area contributed by atoms with E-state index >= 15 is 0 Å². The van der Waals surface area contributed by atoms with Gasteiger partial charge < -0.3 is 9.47 Å². The molecule has 0 aromatic heterocycles. The summed E-state index contributed by atoms with van der Waals surface area (Å²) < 4.78 is 10.6. The fraction of sp³-hybridized carbons (Fsp3) is 0.200. The van der Waals surface area contributed by atoms with E-state index in [0.717, 1.165) is 11.1 Å². The quantitative estimate of drug-likeness (QED) is 0.651. The summed E-state index contributed by atoms with van der Waals surface area (Å²) in [4.78, 5) is 0. The number of methoxy groups -OCH3 is 2. The second-order valence-electron chi connectivity index (χ2n) is 4.38. The molecule has 2 rings (SSSR count). The minimum Gasteiger partial charge on any atom is -0.497 e. The molecule has 1 unspecified atom stereocenters. The summed E-state index contributed by atoms with van der Waals surface area (Å²) in [5.41, 5.74) is 4.49. The van der Waals surface area contributed by atoms with Gasteiger partial charge in [0.05, 0.1) is 30.3 Å². The highest BCUT2D eigenvalue weighted by Gasteiger charge is 2.19. The minimum absolute atomic E-state index is 0.301. The number of hydrazine groups is 1. The van der Waals surface area contributed by atoms with Crippen LogP contribution in [-0.2, 0) is 0 Å². The average Bonchev–Trinajstić information content (AvgIpc) is 2.51. The van der Waals surface area contributed by atoms with Gasteiger partial charge in [0.2, 0.25) is 0 Å². The van der Waals surface area contributed by atoms with Crippen LogP contribution in [0.1, 0.15) is 17.2 Å². The Hall–Kier alpha value is -1.46. The summed E-state index contributed by atoms with van der Waals surface area (Å²) in [6.45, 7) is 0. The van der Waals surface area contributed by atoms with Crippen LogP contribution in [0.3, 0.4) is 0 Å². The van der Waals surface area contributed by atoms with E-state index in [2.05, 4.69) is 5.43 Å². The van der Waals surface area contributed by atoms with Crippen LogP contribution < -0.4 is 20.7 Å². The van der Waals surface area contributed by atoms with E-state index in [0.29, 0.717) is 21.5 Å². The molecule has 0 fully saturated rings. The third kappa shape index (κ3) is 3.41. The molecule has 0 aliphatic rings. The van der Waals surface area contributed by atoms with Gasteiger partial charge in [-0.25, -0.2) is 5.43 Å². The lowest BCUT2D eigenvalue weighted by Gasteiger charge is -2.20. The van der Waals surface area contributed by atoms with Gasteiger partial charge in [0.25, 0.3) is 0 Å². The molecule has 0 aliphatic heterocycles. The van der Waals surface area contributed by atoms with Gasteiger partial charge in [-0.1, -0.05) is 29.3 Å². The van der Waals surface area contributed by atoms with Crippen molar-refractivity contribution in [1.29, 1.82) is 0 Å². The van der Waals surface area contributed by atoms with Gasteiger partial charge >= 0.3 is 0 Å². The highest BCUT2D eigenvalue weighted by Crippen LogP contribution is 2.34. The van der Waals surface area contributed by atoms with Crippen LogP contribution in [0.2, 0.25) is 10.0 Å². The molecule has 0 aliphatic carbocycles. The Morgan fingerprint density at radius 2 is 1.76 bits per heavy atom. The molecule has 0 saturated carbocycles. The van der Waals surface area contributed by atoms with Crippen LogP contribution in [0.5, 0.6) is 11.5 Å². The summed E-state index contributed by atoms with van der Waals surface area (Å²) in [7, 11) is 3.21. The maximum absolute atomic E-state index is 6.08. The molecule has 1 atom stereocenters. The van der Waals surface area contributed by atoms with Crippen molar-refractivity contribution < 1.29 is 9.47 Å². The standard InChI is InChI=1S/C15H16Cl2N2O2/c1-20-10-4-6-14(21-2)11(8-10)15(19-18)9-3-5-12(16)13(17)7-9/h3-8,15,19H,18H2,1-2H3. The third-order valence-corrected chi connectivity index (χ3v) is 3.93. The minimum atomic E-state index is -0.301. The lowest BCUT2D eigenvalue weighted by molar-refractivity contribution is 0.394. The van der Waals surface area contributed by atoms with Crippen molar-refractivity contribution in [2.45, 2.75) is 6.04 Å². The molecule has 0 bridgehead atoms. The molecule has 0 radical (unpaired) electrons. The number of hydrogen-bond donors (Lipinski definition) is 2. The molecular weight excluding hydrogens is 311 g/mol. The SMILES string of the molecule is COc1ccc(OC)c(C(NN)c2ccc(Cl)c(Cl)c2)c1. The molecular formula is C15H16Cl2N2O2. The van der Waals surface area contributed by atoms with Crippen LogP contribution in [-0.4, -0.2) is 14.2 Å².